The number of aliphatic carboxylic acids is 1. The molecule has 32 heavy (non-hydrogen) atoms. The molecular weight excluding hydrogens is 440 g/mol. The number of carboxylic acid groups (broad SMARTS) is 1. The van der Waals surface area contributed by atoms with Crippen LogP contribution in [0, 0.1) is 0 Å². The third-order valence-electron chi connectivity index (χ3n) is 5.02. The smallest absolute Gasteiger partial charge is 0.419 e. The van der Waals surface area contributed by atoms with Gasteiger partial charge in [0.15, 0.2) is 6.04 Å². The number of fused-ring (bicyclic) bond motifs is 1. The molecule has 4 rings (SSSR count). The van der Waals surface area contributed by atoms with Gasteiger partial charge in [-0.05, 0) is 16.7 Å². The Morgan fingerprint density at radius 2 is 2.03 bits per heavy atom. The molecule has 1 saturated heterocycles. The van der Waals surface area contributed by atoms with Crippen LogP contribution >= 0.6 is 0 Å². The first-order chi connectivity index (χ1) is 15.4. The molecule has 2 aliphatic heterocycles. The highest BCUT2D eigenvalue weighted by atomic mass is 32.2. The van der Waals surface area contributed by atoms with Gasteiger partial charge in [-0.15, -0.1) is 0 Å². The number of aromatic nitrogens is 2. The van der Waals surface area contributed by atoms with Gasteiger partial charge in [-0.2, -0.15) is 0 Å². The minimum absolute atomic E-state index is 0.0288. The van der Waals surface area contributed by atoms with E-state index in [1.165, 1.54) is 18.7 Å². The lowest BCUT2D eigenvalue weighted by molar-refractivity contribution is -0.151. The standard InChI is InChI=1S/C20H18N4O7S/c25-14(8-12-4-2-1-3-5-12)22-15-17(26)24-16(19(27)28)13(10-32(30)18(15)24)9-31-20(29)23-7-6-21-11-23/h1-7,11,15,18H,8-10H2,(H,22,25)(H,27,28)/t15?,18-,32?/m0/s1. The third-order valence-corrected chi connectivity index (χ3v) is 6.67. The summed E-state index contributed by atoms with van der Waals surface area (Å²) in [6.45, 7) is -0.452. The van der Waals surface area contributed by atoms with Gasteiger partial charge < -0.3 is 19.7 Å². The Labute approximate surface area is 184 Å². The van der Waals surface area contributed by atoms with E-state index in [9.17, 15) is 28.8 Å². The average Bonchev–Trinajstić information content (AvgIpc) is 3.31. The number of carbonyl (C=O) groups excluding carboxylic acids is 3. The number of amides is 2. The first kappa shape index (κ1) is 21.6. The molecule has 166 valence electrons. The summed E-state index contributed by atoms with van der Waals surface area (Å²) in [4.78, 5) is 53.5. The van der Waals surface area contributed by atoms with Gasteiger partial charge in [0.1, 0.15) is 24.4 Å². The highest BCUT2D eigenvalue weighted by Crippen LogP contribution is 2.36. The van der Waals surface area contributed by atoms with Crippen LogP contribution in [0.1, 0.15) is 5.56 Å². The average molecular weight is 458 g/mol. The predicted octanol–water partition coefficient (Wildman–Crippen LogP) is -0.135. The largest absolute Gasteiger partial charge is 0.614 e. The molecule has 12 heteroatoms. The molecule has 2 aromatic rings. The first-order valence-corrected chi connectivity index (χ1v) is 10.9. The summed E-state index contributed by atoms with van der Waals surface area (Å²) in [6, 6.07) is 7.80. The maximum Gasteiger partial charge on any atom is 0.419 e. The van der Waals surface area contributed by atoms with Crippen molar-refractivity contribution in [1.82, 2.24) is 19.8 Å². The Balaban J connectivity index is 1.47. The summed E-state index contributed by atoms with van der Waals surface area (Å²) in [5.41, 5.74) is 0.404. The number of nitrogens with one attached hydrogen (secondary N) is 1. The molecule has 2 unspecified atom stereocenters. The second-order valence-corrected chi connectivity index (χ2v) is 8.65. The third kappa shape index (κ3) is 4.09. The van der Waals surface area contributed by atoms with E-state index in [-0.39, 0.29) is 23.4 Å². The summed E-state index contributed by atoms with van der Waals surface area (Å²) in [7, 11) is 0. The van der Waals surface area contributed by atoms with Crippen molar-refractivity contribution < 1.29 is 33.6 Å². The number of rotatable bonds is 6. The minimum atomic E-state index is -1.70. The Kier molecular flexibility index (Phi) is 5.97. The number of hydrogen-bond acceptors (Lipinski definition) is 7. The van der Waals surface area contributed by atoms with Gasteiger partial charge in [-0.25, -0.2) is 19.1 Å². The van der Waals surface area contributed by atoms with E-state index in [0.29, 0.717) is 0 Å². The van der Waals surface area contributed by atoms with Crippen molar-refractivity contribution >= 4 is 35.1 Å². The number of β-lactam (4-membered cyclic amide) rings is 1. The van der Waals surface area contributed by atoms with Gasteiger partial charge in [0, 0.05) is 18.0 Å². The van der Waals surface area contributed by atoms with E-state index in [0.717, 1.165) is 15.0 Å². The van der Waals surface area contributed by atoms with Crippen LogP contribution in [0.2, 0.25) is 0 Å². The van der Waals surface area contributed by atoms with E-state index >= 15 is 0 Å². The summed E-state index contributed by atoms with van der Waals surface area (Å²) in [5, 5.41) is 11.2. The quantitative estimate of drug-likeness (QED) is 0.448. The highest BCUT2D eigenvalue weighted by Gasteiger charge is 2.61. The normalized spacial score (nSPS) is 22.1. The van der Waals surface area contributed by atoms with Crippen LogP contribution in [-0.4, -0.2) is 71.8 Å². The van der Waals surface area contributed by atoms with E-state index in [2.05, 4.69) is 10.3 Å². The number of ether oxygens (including phenoxy) is 1. The molecule has 3 atom stereocenters. The summed E-state index contributed by atoms with van der Waals surface area (Å²) in [6.07, 6.45) is 3.17. The van der Waals surface area contributed by atoms with Crippen molar-refractivity contribution in [1.29, 1.82) is 0 Å². The van der Waals surface area contributed by atoms with Gasteiger partial charge in [0.05, 0.1) is 6.42 Å². The molecule has 2 N–H and O–H groups in total. The molecule has 0 aliphatic carbocycles. The van der Waals surface area contributed by atoms with Crippen LogP contribution in [0.5, 0.6) is 0 Å². The molecule has 1 aromatic heterocycles. The van der Waals surface area contributed by atoms with Gasteiger partial charge in [-0.3, -0.25) is 14.5 Å². The SMILES string of the molecule is O=C(Cc1ccccc1)NC1C(=O)N2C(C(=O)O)=C(COC(=O)n3ccnc3)C[S+]([O-])[C@@H]12. The molecule has 11 nitrogen and oxygen atoms in total. The number of hydrogen-bond donors (Lipinski definition) is 2. The monoisotopic (exact) mass is 458 g/mol. The van der Waals surface area contributed by atoms with E-state index < -0.39 is 53.1 Å². The Morgan fingerprint density at radius 3 is 2.69 bits per heavy atom. The zero-order valence-corrected chi connectivity index (χ0v) is 17.4. The lowest BCUT2D eigenvalue weighted by Gasteiger charge is -2.48. The van der Waals surface area contributed by atoms with E-state index in [1.807, 2.05) is 6.07 Å². The van der Waals surface area contributed by atoms with Gasteiger partial charge in [0.25, 0.3) is 5.91 Å². The molecule has 1 fully saturated rings. The minimum Gasteiger partial charge on any atom is -0.614 e. The molecule has 0 radical (unpaired) electrons. The molecule has 2 amide bonds. The lowest BCUT2D eigenvalue weighted by atomic mass is 10.0. The fourth-order valence-corrected chi connectivity index (χ4v) is 5.23. The molecule has 1 aromatic carbocycles. The second-order valence-electron chi connectivity index (χ2n) is 7.11. The molecule has 0 bridgehead atoms. The summed E-state index contributed by atoms with van der Waals surface area (Å²) < 4.78 is 18.9. The van der Waals surface area contributed by atoms with Crippen LogP contribution in [0.15, 0.2) is 60.3 Å². The first-order valence-electron chi connectivity index (χ1n) is 9.50. The van der Waals surface area contributed by atoms with Crippen LogP contribution in [0.4, 0.5) is 4.79 Å². The predicted molar refractivity (Wildman–Crippen MR) is 109 cm³/mol. The fourth-order valence-electron chi connectivity index (χ4n) is 3.56. The fraction of sp³-hybridized carbons (Fsp3) is 0.250. The Morgan fingerprint density at radius 1 is 1.28 bits per heavy atom. The number of imidazole rings is 1. The molecule has 3 heterocycles. The topological polar surface area (TPSA) is 154 Å². The maximum absolute atomic E-state index is 12.8. The Hall–Kier alpha value is -3.64. The maximum atomic E-state index is 12.8. The van der Waals surface area contributed by atoms with Crippen molar-refractivity contribution in [3.05, 3.63) is 65.9 Å². The van der Waals surface area contributed by atoms with Crippen molar-refractivity contribution in [2.75, 3.05) is 12.4 Å². The lowest BCUT2D eigenvalue weighted by Crippen LogP contribution is -2.75. The molecule has 0 saturated carbocycles. The number of nitrogens with zero attached hydrogens (tertiary/aromatic N) is 3. The van der Waals surface area contributed by atoms with Crippen molar-refractivity contribution in [3.63, 3.8) is 0 Å². The number of benzene rings is 1. The Bertz CT molecular complexity index is 1090. The second kappa shape index (κ2) is 8.85. The van der Waals surface area contributed by atoms with E-state index in [1.54, 1.807) is 24.3 Å². The van der Waals surface area contributed by atoms with Gasteiger partial charge >= 0.3 is 12.1 Å². The van der Waals surface area contributed by atoms with E-state index in [4.69, 9.17) is 4.74 Å². The number of carbonyl (C=O) groups is 4. The zero-order chi connectivity index (χ0) is 22.8. The molecule has 2 aliphatic rings. The van der Waals surface area contributed by atoms with Gasteiger partial charge in [0.2, 0.25) is 11.3 Å². The summed E-state index contributed by atoms with van der Waals surface area (Å²) >= 11 is -1.70. The number of carboxylic acids is 1. The van der Waals surface area contributed by atoms with Crippen molar-refractivity contribution in [2.24, 2.45) is 0 Å². The van der Waals surface area contributed by atoms with Crippen molar-refractivity contribution in [3.8, 4) is 0 Å². The molecule has 0 spiro atoms. The van der Waals surface area contributed by atoms with Crippen LogP contribution in [0.25, 0.3) is 0 Å². The molecular formula is C20H18N4O7S. The van der Waals surface area contributed by atoms with Crippen molar-refractivity contribution in [2.45, 2.75) is 17.8 Å². The van der Waals surface area contributed by atoms with Crippen LogP contribution < -0.4 is 5.32 Å². The van der Waals surface area contributed by atoms with Crippen LogP contribution in [-0.2, 0) is 36.7 Å². The van der Waals surface area contributed by atoms with Crippen LogP contribution in [0.3, 0.4) is 0 Å². The van der Waals surface area contributed by atoms with Gasteiger partial charge in [-0.1, -0.05) is 30.3 Å². The zero-order valence-electron chi connectivity index (χ0n) is 16.5. The summed E-state index contributed by atoms with van der Waals surface area (Å²) in [5.74, 6) is -2.74. The highest BCUT2D eigenvalue weighted by molar-refractivity contribution is 7.92.